The number of fused-ring (bicyclic) bond motifs is 2. The van der Waals surface area contributed by atoms with Crippen molar-refractivity contribution in [1.29, 1.82) is 0 Å². The Balaban J connectivity index is 1.05. The molecule has 0 heterocycles. The van der Waals surface area contributed by atoms with Gasteiger partial charge in [-0.15, -0.1) is 0 Å². The van der Waals surface area contributed by atoms with Gasteiger partial charge in [-0.05, 0) is 163 Å². The summed E-state index contributed by atoms with van der Waals surface area (Å²) in [5.41, 5.74) is 11.9. The topological polar surface area (TPSA) is 59.1 Å². The largest absolute Gasteiger partial charge is 0.423 e. The first kappa shape index (κ1) is 43.1. The number of allylic oxidation sites excluding steroid dienone is 4. The van der Waals surface area contributed by atoms with Crippen molar-refractivity contribution in [3.63, 3.8) is 0 Å². The molecule has 8 aromatic carbocycles. The van der Waals surface area contributed by atoms with Gasteiger partial charge in [0.1, 0.15) is 11.5 Å². The molecule has 0 spiro atoms. The van der Waals surface area contributed by atoms with Crippen molar-refractivity contribution in [3.05, 3.63) is 246 Å². The molecule has 0 fully saturated rings. The van der Waals surface area contributed by atoms with E-state index in [0.29, 0.717) is 22.6 Å². The minimum absolute atomic E-state index is 0.0214. The van der Waals surface area contributed by atoms with E-state index in [0.717, 1.165) is 62.8 Å². The van der Waals surface area contributed by atoms with Crippen LogP contribution in [0.25, 0.3) is 21.5 Å². The molecule has 9 rings (SSSR count). The molecule has 1 aliphatic rings. The highest BCUT2D eigenvalue weighted by Crippen LogP contribution is 2.41. The van der Waals surface area contributed by atoms with Crippen molar-refractivity contribution in [2.45, 2.75) is 39.5 Å². The van der Waals surface area contributed by atoms with E-state index < -0.39 is 11.9 Å². The van der Waals surface area contributed by atoms with E-state index in [4.69, 9.17) is 9.47 Å². The molecule has 0 amide bonds. The molecule has 0 saturated carbocycles. The summed E-state index contributed by atoms with van der Waals surface area (Å²) in [5.74, 6) is 0.0806. The second-order valence-corrected chi connectivity index (χ2v) is 16.9. The van der Waals surface area contributed by atoms with Gasteiger partial charge in [-0.25, -0.2) is 9.59 Å². The van der Waals surface area contributed by atoms with Crippen LogP contribution in [0.3, 0.4) is 0 Å². The number of carbonyl (C=O) groups is 2. The summed E-state index contributed by atoms with van der Waals surface area (Å²) in [5, 5.41) is 4.01. The first-order valence-corrected chi connectivity index (χ1v) is 22.2. The van der Waals surface area contributed by atoms with Gasteiger partial charge in [0.2, 0.25) is 0 Å². The van der Waals surface area contributed by atoms with E-state index in [1.807, 2.05) is 42.5 Å². The Hall–Kier alpha value is -8.22. The van der Waals surface area contributed by atoms with Crippen molar-refractivity contribution < 1.29 is 19.1 Å². The van der Waals surface area contributed by atoms with Gasteiger partial charge in [-0.1, -0.05) is 122 Å². The Labute approximate surface area is 386 Å². The van der Waals surface area contributed by atoms with Gasteiger partial charge in [0.25, 0.3) is 0 Å². The zero-order valence-corrected chi connectivity index (χ0v) is 37.4. The van der Waals surface area contributed by atoms with Crippen LogP contribution in [0.2, 0.25) is 0 Å². The summed E-state index contributed by atoms with van der Waals surface area (Å²) in [4.78, 5) is 29.0. The molecule has 8 aromatic rings. The zero-order valence-electron chi connectivity index (χ0n) is 37.4. The fraction of sp³-hybridized carbons (Fsp3) is 0.100. The van der Waals surface area contributed by atoms with Crippen molar-refractivity contribution in [2.75, 3.05) is 9.80 Å². The second kappa shape index (κ2) is 18.9. The molecule has 66 heavy (non-hydrogen) atoms. The third kappa shape index (κ3) is 9.35. The van der Waals surface area contributed by atoms with E-state index in [1.165, 1.54) is 28.0 Å². The second-order valence-electron chi connectivity index (χ2n) is 16.9. The van der Waals surface area contributed by atoms with Crippen LogP contribution in [-0.4, -0.2) is 11.9 Å². The standard InChI is InChI=1S/C60H50N2O4/c1-40(2)59(63)65-56-34-26-46-36-54(32-24-48(46)38-56)61(50-12-8-6-9-13-50)52-28-20-44(21-29-52)58(43-18-16-42(5)17-19-43)45-22-30-53(31-23-45)62(51-14-10-7-11-15-51)55-33-25-49-39-57(35-27-47(49)37-55)66-60(64)41(3)4/h6-10,12-14,16-39,58H,1,3,11,15H2,2,4-5H3. The van der Waals surface area contributed by atoms with Crippen molar-refractivity contribution in [3.8, 4) is 11.5 Å². The van der Waals surface area contributed by atoms with E-state index in [-0.39, 0.29) is 5.92 Å². The smallest absolute Gasteiger partial charge is 0.338 e. The van der Waals surface area contributed by atoms with Crippen LogP contribution in [0.4, 0.5) is 28.4 Å². The van der Waals surface area contributed by atoms with E-state index in [1.54, 1.807) is 13.8 Å². The number of esters is 2. The van der Waals surface area contributed by atoms with Crippen LogP contribution >= 0.6 is 0 Å². The molecule has 0 radical (unpaired) electrons. The predicted molar refractivity (Wildman–Crippen MR) is 271 cm³/mol. The first-order valence-electron chi connectivity index (χ1n) is 22.2. The van der Waals surface area contributed by atoms with Gasteiger partial charge in [0.05, 0.1) is 0 Å². The van der Waals surface area contributed by atoms with Gasteiger partial charge >= 0.3 is 11.9 Å². The quantitative estimate of drug-likeness (QED) is 0.0498. The molecule has 0 N–H and O–H groups in total. The monoisotopic (exact) mass is 862 g/mol. The SMILES string of the molecule is C=C(C)C(=O)Oc1ccc2cc(N(C3=CC=CCC3)c3ccc(C(c4ccc(C)cc4)c4ccc(N(c5ccccc5)c5ccc6cc(OC(=O)C(=C)C)ccc6c5)cc4)cc3)ccc2c1. The fourth-order valence-corrected chi connectivity index (χ4v) is 8.47. The normalized spacial score (nSPS) is 12.6. The van der Waals surface area contributed by atoms with Crippen LogP contribution in [0.5, 0.6) is 11.5 Å². The Kier molecular flexibility index (Phi) is 12.3. The molecule has 1 unspecified atom stereocenters. The Bertz CT molecular complexity index is 3180. The average molecular weight is 863 g/mol. The van der Waals surface area contributed by atoms with E-state index in [9.17, 15) is 9.59 Å². The van der Waals surface area contributed by atoms with Crippen LogP contribution in [0, 0.1) is 6.92 Å². The van der Waals surface area contributed by atoms with Crippen LogP contribution in [0.1, 0.15) is 54.9 Å². The zero-order chi connectivity index (χ0) is 45.7. The number of carbonyl (C=O) groups excluding carboxylic acids is 2. The Morgan fingerprint density at radius 2 is 0.924 bits per heavy atom. The molecule has 0 saturated heterocycles. The predicted octanol–water partition coefficient (Wildman–Crippen LogP) is 15.3. The molecule has 324 valence electrons. The fourth-order valence-electron chi connectivity index (χ4n) is 8.47. The van der Waals surface area contributed by atoms with Crippen molar-refractivity contribution in [2.24, 2.45) is 0 Å². The van der Waals surface area contributed by atoms with Gasteiger partial charge < -0.3 is 19.3 Å². The maximum atomic E-state index is 12.2. The molecule has 0 bridgehead atoms. The summed E-state index contributed by atoms with van der Waals surface area (Å²) in [6.07, 6.45) is 8.43. The Morgan fingerprint density at radius 3 is 1.41 bits per heavy atom. The number of anilines is 5. The summed E-state index contributed by atoms with van der Waals surface area (Å²) in [6, 6.07) is 61.3. The molecule has 1 atom stereocenters. The number of aryl methyl sites for hydroxylation is 1. The molecular weight excluding hydrogens is 813 g/mol. The maximum Gasteiger partial charge on any atom is 0.338 e. The number of hydrogen-bond donors (Lipinski definition) is 0. The molecule has 6 nitrogen and oxygen atoms in total. The minimum atomic E-state index is -0.441. The lowest BCUT2D eigenvalue weighted by Crippen LogP contribution is -2.17. The number of benzene rings is 8. The average Bonchev–Trinajstić information content (AvgIpc) is 3.34. The van der Waals surface area contributed by atoms with Crippen LogP contribution in [0.15, 0.2) is 224 Å². The number of rotatable bonds is 13. The highest BCUT2D eigenvalue weighted by atomic mass is 16.5. The lowest BCUT2D eigenvalue weighted by atomic mass is 9.84. The highest BCUT2D eigenvalue weighted by molar-refractivity contribution is 5.94. The van der Waals surface area contributed by atoms with Gasteiger partial charge in [-0.2, -0.15) is 0 Å². The maximum absolute atomic E-state index is 12.2. The minimum Gasteiger partial charge on any atom is -0.423 e. The first-order chi connectivity index (χ1) is 32.1. The Morgan fingerprint density at radius 1 is 0.500 bits per heavy atom. The van der Waals surface area contributed by atoms with Crippen molar-refractivity contribution >= 4 is 61.9 Å². The molecular formula is C60H50N2O4. The van der Waals surface area contributed by atoms with E-state index >= 15 is 0 Å². The lowest BCUT2D eigenvalue weighted by molar-refractivity contribution is -0.130. The summed E-state index contributed by atoms with van der Waals surface area (Å²) in [6.45, 7) is 12.8. The lowest BCUT2D eigenvalue weighted by Gasteiger charge is -2.30. The number of ether oxygens (including phenoxy) is 2. The van der Waals surface area contributed by atoms with Crippen LogP contribution in [-0.2, 0) is 9.59 Å². The molecule has 6 heteroatoms. The third-order valence-electron chi connectivity index (χ3n) is 11.9. The van der Waals surface area contributed by atoms with E-state index in [2.05, 4.69) is 182 Å². The summed E-state index contributed by atoms with van der Waals surface area (Å²) in [7, 11) is 0. The van der Waals surface area contributed by atoms with Crippen LogP contribution < -0.4 is 19.3 Å². The number of nitrogens with zero attached hydrogens (tertiary/aromatic N) is 2. The van der Waals surface area contributed by atoms with Crippen molar-refractivity contribution in [1.82, 2.24) is 0 Å². The third-order valence-corrected chi connectivity index (χ3v) is 11.9. The van der Waals surface area contributed by atoms with Gasteiger partial charge in [0.15, 0.2) is 0 Å². The summed E-state index contributed by atoms with van der Waals surface area (Å²) < 4.78 is 11.0. The highest BCUT2D eigenvalue weighted by Gasteiger charge is 2.22. The molecule has 0 aromatic heterocycles. The number of hydrogen-bond acceptors (Lipinski definition) is 6. The number of para-hydroxylation sites is 1. The molecule has 1 aliphatic carbocycles. The summed E-state index contributed by atoms with van der Waals surface area (Å²) >= 11 is 0. The van der Waals surface area contributed by atoms with Gasteiger partial charge in [-0.3, -0.25) is 0 Å². The molecule has 0 aliphatic heterocycles. The van der Waals surface area contributed by atoms with Gasteiger partial charge in [0, 0.05) is 51.2 Å².